The summed E-state index contributed by atoms with van der Waals surface area (Å²) in [4.78, 5) is 26.4. The summed E-state index contributed by atoms with van der Waals surface area (Å²) in [7, 11) is 1.66. The number of hydrogen-bond acceptors (Lipinski definition) is 8. The molecule has 1 amide bonds. The van der Waals surface area contributed by atoms with Crippen LogP contribution in [-0.2, 0) is 4.74 Å². The van der Waals surface area contributed by atoms with Crippen molar-refractivity contribution in [1.82, 2.24) is 14.9 Å². The zero-order chi connectivity index (χ0) is 27.7. The number of fused-ring (bicyclic) bond motifs is 3. The zero-order valence-electron chi connectivity index (χ0n) is 23.0. The summed E-state index contributed by atoms with van der Waals surface area (Å²) in [5.74, 6) is 1.38. The highest BCUT2D eigenvalue weighted by Crippen LogP contribution is 2.36. The van der Waals surface area contributed by atoms with Gasteiger partial charge in [-0.2, -0.15) is 5.26 Å². The number of amides is 1. The van der Waals surface area contributed by atoms with Gasteiger partial charge in [0.2, 0.25) is 0 Å². The van der Waals surface area contributed by atoms with Crippen molar-refractivity contribution in [2.45, 2.75) is 56.5 Å². The van der Waals surface area contributed by atoms with Crippen molar-refractivity contribution in [1.29, 1.82) is 5.26 Å². The molecule has 39 heavy (non-hydrogen) atoms. The summed E-state index contributed by atoms with van der Waals surface area (Å²) in [5, 5.41) is 13.0. The summed E-state index contributed by atoms with van der Waals surface area (Å²) in [5.41, 5.74) is 1.43. The molecule has 202 valence electrons. The van der Waals surface area contributed by atoms with Gasteiger partial charge in [-0.3, -0.25) is 4.90 Å². The molecule has 2 saturated heterocycles. The van der Waals surface area contributed by atoms with Crippen molar-refractivity contribution >= 4 is 46.6 Å². The van der Waals surface area contributed by atoms with Crippen LogP contribution in [0.2, 0.25) is 0 Å². The Balaban J connectivity index is 1.48. The monoisotopic (exact) mass is 543 g/mol. The molecule has 0 unspecified atom stereocenters. The summed E-state index contributed by atoms with van der Waals surface area (Å²) in [6, 6.07) is 14.5. The molecule has 9 heteroatoms. The predicted molar refractivity (Wildman–Crippen MR) is 155 cm³/mol. The zero-order valence-corrected chi connectivity index (χ0v) is 23.8. The number of carbonyl (C=O) groups excluding carboxylic acids is 1. The number of piperazine rings is 1. The molecular formula is C30H33N5O3S. The Hall–Kier alpha value is -3.77. The van der Waals surface area contributed by atoms with Crippen LogP contribution in [0, 0.1) is 11.3 Å². The van der Waals surface area contributed by atoms with Crippen LogP contribution in [0.15, 0.2) is 41.6 Å². The topological polar surface area (TPSA) is 91.6 Å². The van der Waals surface area contributed by atoms with Gasteiger partial charge < -0.3 is 14.4 Å². The van der Waals surface area contributed by atoms with Gasteiger partial charge in [0.25, 0.3) is 0 Å². The maximum atomic E-state index is 12.9. The summed E-state index contributed by atoms with van der Waals surface area (Å²) < 4.78 is 11.2. The fourth-order valence-electron chi connectivity index (χ4n) is 5.42. The molecule has 2 aliphatic rings. The largest absolute Gasteiger partial charge is 0.497 e. The smallest absolute Gasteiger partial charge is 0.410 e. The fourth-order valence-corrected chi connectivity index (χ4v) is 5.79. The molecule has 3 aromatic rings. The number of methoxy groups -OCH3 is 1. The number of anilines is 1. The van der Waals surface area contributed by atoms with E-state index in [0.717, 1.165) is 34.9 Å². The molecule has 5 rings (SSSR count). The van der Waals surface area contributed by atoms with E-state index in [1.54, 1.807) is 7.11 Å². The highest BCUT2D eigenvalue weighted by molar-refractivity contribution is 7.98. The molecule has 3 heterocycles. The highest BCUT2D eigenvalue weighted by Gasteiger charge is 2.45. The molecule has 2 fully saturated rings. The molecule has 0 spiro atoms. The number of thioether (sulfide) groups is 1. The maximum Gasteiger partial charge on any atom is 0.410 e. The van der Waals surface area contributed by atoms with Crippen LogP contribution < -0.4 is 9.64 Å². The van der Waals surface area contributed by atoms with Crippen LogP contribution in [-0.4, -0.2) is 65.1 Å². The Morgan fingerprint density at radius 2 is 1.85 bits per heavy atom. The van der Waals surface area contributed by atoms with E-state index in [1.165, 1.54) is 11.8 Å². The molecule has 2 bridgehead atoms. The van der Waals surface area contributed by atoms with E-state index in [9.17, 15) is 10.1 Å². The van der Waals surface area contributed by atoms with Gasteiger partial charge in [-0.1, -0.05) is 42.1 Å². The number of rotatable bonds is 5. The lowest BCUT2D eigenvalue weighted by molar-refractivity contribution is 0.0122. The highest BCUT2D eigenvalue weighted by atomic mass is 32.2. The molecule has 2 aliphatic heterocycles. The number of nitrogens with zero attached hydrogens (tertiary/aromatic N) is 5. The number of ether oxygens (including phenoxy) is 2. The van der Waals surface area contributed by atoms with Gasteiger partial charge in [-0.25, -0.2) is 14.8 Å². The van der Waals surface area contributed by atoms with Crippen LogP contribution in [0.5, 0.6) is 5.75 Å². The first-order valence-corrected chi connectivity index (χ1v) is 14.3. The Labute approximate surface area is 233 Å². The Kier molecular flexibility index (Phi) is 7.41. The van der Waals surface area contributed by atoms with Crippen LogP contribution in [0.4, 0.5) is 10.6 Å². The van der Waals surface area contributed by atoms with Gasteiger partial charge in [0.1, 0.15) is 23.0 Å². The molecular weight excluding hydrogens is 510 g/mol. The van der Waals surface area contributed by atoms with Crippen molar-refractivity contribution < 1.29 is 14.3 Å². The van der Waals surface area contributed by atoms with Gasteiger partial charge in [0.15, 0.2) is 11.0 Å². The Morgan fingerprint density at radius 1 is 1.13 bits per heavy atom. The van der Waals surface area contributed by atoms with Crippen molar-refractivity contribution in [3.63, 3.8) is 0 Å². The van der Waals surface area contributed by atoms with Gasteiger partial charge in [-0.15, -0.1) is 0 Å². The lowest BCUT2D eigenvalue weighted by atomic mass is 10.0. The molecule has 2 aromatic carbocycles. The average Bonchev–Trinajstić information content (AvgIpc) is 3.19. The molecule has 2 atom stereocenters. The quantitative estimate of drug-likeness (QED) is 0.286. The van der Waals surface area contributed by atoms with Gasteiger partial charge in [0.05, 0.1) is 24.9 Å². The van der Waals surface area contributed by atoms with E-state index in [-0.39, 0.29) is 18.2 Å². The number of benzene rings is 2. The minimum Gasteiger partial charge on any atom is -0.497 e. The standard InChI is InChI=1S/C30H33N5O3S/c1-30(2,3)38-29(36)35-21-11-12-22(35)18-34(17-21)27-25(16-31)26(32-28(33-27)39-5)13-10-20-15-23(37-4)14-19-8-6-7-9-24(19)20/h6-10,13-15,21-22H,11-12,17-18H2,1-5H3/b13-10+/t21-,22+. The third kappa shape index (κ3) is 5.52. The van der Waals surface area contributed by atoms with Crippen LogP contribution in [0.3, 0.4) is 0 Å². The fraction of sp³-hybridized carbons (Fsp3) is 0.400. The molecule has 0 saturated carbocycles. The van der Waals surface area contributed by atoms with E-state index in [0.29, 0.717) is 35.3 Å². The number of nitriles is 1. The Bertz CT molecular complexity index is 1460. The average molecular weight is 544 g/mol. The van der Waals surface area contributed by atoms with Crippen molar-refractivity contribution in [2.24, 2.45) is 0 Å². The van der Waals surface area contributed by atoms with E-state index in [2.05, 4.69) is 23.1 Å². The third-order valence-corrected chi connectivity index (χ3v) is 7.65. The molecule has 0 radical (unpaired) electrons. The first-order chi connectivity index (χ1) is 18.7. The Morgan fingerprint density at radius 3 is 2.49 bits per heavy atom. The minimum absolute atomic E-state index is 0.0139. The van der Waals surface area contributed by atoms with E-state index in [4.69, 9.17) is 19.4 Å². The number of hydrogen-bond donors (Lipinski definition) is 0. The van der Waals surface area contributed by atoms with E-state index < -0.39 is 5.60 Å². The molecule has 0 N–H and O–H groups in total. The lowest BCUT2D eigenvalue weighted by Crippen LogP contribution is -2.57. The first kappa shape index (κ1) is 26.8. The van der Waals surface area contributed by atoms with Crippen molar-refractivity contribution in [3.05, 3.63) is 53.2 Å². The molecule has 0 aliphatic carbocycles. The maximum absolute atomic E-state index is 12.9. The normalized spacial score (nSPS) is 19.0. The minimum atomic E-state index is -0.545. The van der Waals surface area contributed by atoms with E-state index >= 15 is 0 Å². The van der Waals surface area contributed by atoms with Gasteiger partial charge >= 0.3 is 6.09 Å². The van der Waals surface area contributed by atoms with E-state index in [1.807, 2.05) is 68.3 Å². The van der Waals surface area contributed by atoms with Crippen LogP contribution in [0.1, 0.15) is 50.4 Å². The van der Waals surface area contributed by atoms with Gasteiger partial charge in [0, 0.05) is 13.1 Å². The molecule has 8 nitrogen and oxygen atoms in total. The second kappa shape index (κ2) is 10.8. The molecule has 1 aromatic heterocycles. The van der Waals surface area contributed by atoms with Crippen molar-refractivity contribution in [2.75, 3.05) is 31.4 Å². The predicted octanol–water partition coefficient (Wildman–Crippen LogP) is 5.99. The number of aromatic nitrogens is 2. The summed E-state index contributed by atoms with van der Waals surface area (Å²) in [6.07, 6.45) is 7.33. The second-order valence-electron chi connectivity index (χ2n) is 10.9. The summed E-state index contributed by atoms with van der Waals surface area (Å²) in [6.45, 7) is 6.85. The lowest BCUT2D eigenvalue weighted by Gasteiger charge is -2.42. The third-order valence-electron chi connectivity index (χ3n) is 7.10. The first-order valence-electron chi connectivity index (χ1n) is 13.1. The SMILES string of the molecule is COc1cc(/C=C/c2nc(SC)nc(N3C[C@H]4CC[C@@H](C3)N4C(=O)OC(C)(C)C)c2C#N)c2ccccc2c1. The second-order valence-corrected chi connectivity index (χ2v) is 11.6. The van der Waals surface area contributed by atoms with Crippen molar-refractivity contribution in [3.8, 4) is 11.8 Å². The van der Waals surface area contributed by atoms with Crippen LogP contribution in [0.25, 0.3) is 22.9 Å². The van der Waals surface area contributed by atoms with Crippen LogP contribution >= 0.6 is 11.8 Å². The number of carbonyl (C=O) groups is 1. The van der Waals surface area contributed by atoms with Gasteiger partial charge in [-0.05, 0) is 74.4 Å². The summed E-state index contributed by atoms with van der Waals surface area (Å²) >= 11 is 1.44.